The first kappa shape index (κ1) is 39.7. The molecule has 70 heavy (non-hydrogen) atoms. The monoisotopic (exact) mass is 891 g/mol. The molecule has 0 atom stereocenters. The van der Waals surface area contributed by atoms with Crippen LogP contribution in [0, 0.1) is 0 Å². The maximum Gasteiger partial charge on any atom is 0.160 e. The number of rotatable bonds is 7. The van der Waals surface area contributed by atoms with Crippen molar-refractivity contribution in [3.05, 3.63) is 249 Å². The van der Waals surface area contributed by atoms with Crippen LogP contribution >= 0.6 is 0 Å². The van der Waals surface area contributed by atoms with Crippen molar-refractivity contribution in [2.45, 2.75) is 0 Å². The van der Waals surface area contributed by atoms with Gasteiger partial charge in [-0.25, -0.2) is 15.0 Å². The summed E-state index contributed by atoms with van der Waals surface area (Å²) in [6.07, 6.45) is 0. The number of aromatic nitrogens is 5. The number of benzene rings is 10. The van der Waals surface area contributed by atoms with Gasteiger partial charge in [0.05, 0.1) is 44.7 Å². The first-order valence-corrected chi connectivity index (χ1v) is 23.8. The van der Waals surface area contributed by atoms with Gasteiger partial charge in [-0.3, -0.25) is 0 Å². The highest BCUT2D eigenvalue weighted by Gasteiger charge is 2.22. The van der Waals surface area contributed by atoms with Crippen molar-refractivity contribution in [3.63, 3.8) is 0 Å². The minimum absolute atomic E-state index is 0.667. The standard InChI is InChI=1S/C65H41N5/c1-4-18-43(19-5-1)56-41-57(67-65(66-56)46-22-16-25-48(40-46)69-58-31-13-10-26-50(58)51-27-11-14-32-59(51)69)44-36-34-42(35-37-44)49-29-17-30-54-61-55(62(68-63(49)54)45-20-6-2-7-21-45)39-38-53-52-28-12-15-33-60(52)70(64(53)61)47-23-8-3-9-24-47/h1-41H. The summed E-state index contributed by atoms with van der Waals surface area (Å²) in [7, 11) is 0. The molecule has 14 aromatic rings. The van der Waals surface area contributed by atoms with Crippen LogP contribution in [0.1, 0.15) is 0 Å². The van der Waals surface area contributed by atoms with Gasteiger partial charge < -0.3 is 9.13 Å². The van der Waals surface area contributed by atoms with Crippen LogP contribution in [0.3, 0.4) is 0 Å². The number of para-hydroxylation sites is 5. The number of hydrogen-bond acceptors (Lipinski definition) is 3. The molecule has 0 saturated heterocycles. The molecule has 4 aromatic heterocycles. The van der Waals surface area contributed by atoms with Crippen LogP contribution in [0.4, 0.5) is 0 Å². The normalized spacial score (nSPS) is 11.7. The van der Waals surface area contributed by atoms with Crippen molar-refractivity contribution in [3.8, 4) is 67.7 Å². The molecule has 0 aliphatic carbocycles. The molecule has 0 bridgehead atoms. The molecule has 0 unspecified atom stereocenters. The molecule has 0 aliphatic heterocycles. The summed E-state index contributed by atoms with van der Waals surface area (Å²) in [4.78, 5) is 16.2. The van der Waals surface area contributed by atoms with E-state index in [1.807, 2.05) is 6.07 Å². The summed E-state index contributed by atoms with van der Waals surface area (Å²) >= 11 is 0. The van der Waals surface area contributed by atoms with Gasteiger partial charge in [0.25, 0.3) is 0 Å². The van der Waals surface area contributed by atoms with Gasteiger partial charge >= 0.3 is 0 Å². The predicted octanol–water partition coefficient (Wildman–Crippen LogP) is 16.7. The summed E-state index contributed by atoms with van der Waals surface area (Å²) in [6, 6.07) is 88.4. The molecular weight excluding hydrogens is 851 g/mol. The fraction of sp³-hybridized carbons (Fsp3) is 0. The van der Waals surface area contributed by atoms with Crippen molar-refractivity contribution in [2.24, 2.45) is 0 Å². The molecule has 0 aliphatic rings. The first-order chi connectivity index (χ1) is 34.7. The lowest BCUT2D eigenvalue weighted by Gasteiger charge is -2.16. The van der Waals surface area contributed by atoms with E-state index in [0.29, 0.717) is 5.82 Å². The molecule has 0 radical (unpaired) electrons. The molecule has 10 aromatic carbocycles. The second kappa shape index (κ2) is 16.1. The van der Waals surface area contributed by atoms with E-state index in [1.54, 1.807) is 0 Å². The number of nitrogens with zero attached hydrogens (tertiary/aromatic N) is 5. The maximum absolute atomic E-state index is 5.61. The second-order valence-electron chi connectivity index (χ2n) is 17.9. The smallest absolute Gasteiger partial charge is 0.160 e. The first-order valence-electron chi connectivity index (χ1n) is 23.8. The molecule has 0 N–H and O–H groups in total. The fourth-order valence-electron chi connectivity index (χ4n) is 10.7. The Kier molecular flexibility index (Phi) is 9.14. The summed E-state index contributed by atoms with van der Waals surface area (Å²) in [5.41, 5.74) is 16.7. The highest BCUT2D eigenvalue weighted by molar-refractivity contribution is 6.28. The molecule has 326 valence electrons. The summed E-state index contributed by atoms with van der Waals surface area (Å²) < 4.78 is 4.78. The Morgan fingerprint density at radius 2 is 0.771 bits per heavy atom. The highest BCUT2D eigenvalue weighted by atomic mass is 15.0. The van der Waals surface area contributed by atoms with Gasteiger partial charge in [-0.2, -0.15) is 0 Å². The van der Waals surface area contributed by atoms with Crippen molar-refractivity contribution in [2.75, 3.05) is 0 Å². The van der Waals surface area contributed by atoms with Crippen LogP contribution in [0.5, 0.6) is 0 Å². The lowest BCUT2D eigenvalue weighted by Crippen LogP contribution is -1.98. The lowest BCUT2D eigenvalue weighted by atomic mass is 9.94. The quantitative estimate of drug-likeness (QED) is 0.150. The molecule has 5 heteroatoms. The molecular formula is C65H41N5. The third kappa shape index (κ3) is 6.36. The van der Waals surface area contributed by atoms with Crippen molar-refractivity contribution >= 4 is 65.3 Å². The second-order valence-corrected chi connectivity index (χ2v) is 17.9. The minimum Gasteiger partial charge on any atom is -0.309 e. The minimum atomic E-state index is 0.667. The Morgan fingerprint density at radius 1 is 0.286 bits per heavy atom. The Morgan fingerprint density at radius 3 is 1.44 bits per heavy atom. The zero-order chi connectivity index (χ0) is 46.1. The third-order valence-electron chi connectivity index (χ3n) is 13.9. The van der Waals surface area contributed by atoms with E-state index in [4.69, 9.17) is 15.0 Å². The van der Waals surface area contributed by atoms with E-state index in [1.165, 1.54) is 38.0 Å². The van der Waals surface area contributed by atoms with E-state index in [2.05, 4.69) is 252 Å². The lowest BCUT2D eigenvalue weighted by molar-refractivity contribution is 1.16. The van der Waals surface area contributed by atoms with E-state index in [9.17, 15) is 0 Å². The molecule has 14 rings (SSSR count). The van der Waals surface area contributed by atoms with E-state index < -0.39 is 0 Å². The van der Waals surface area contributed by atoms with Crippen LogP contribution in [0.25, 0.3) is 133 Å². The highest BCUT2D eigenvalue weighted by Crippen LogP contribution is 2.44. The SMILES string of the molecule is c1ccc(-c2cc(-c3ccc(-c4cccc5c4nc(-c4ccccc4)c4ccc6c7ccccc7n(-c7ccccc7)c6c45)cc3)nc(-c3cccc(-n4c5ccccc5c5ccccc54)c3)n2)cc1. The van der Waals surface area contributed by atoms with Crippen LogP contribution in [0.2, 0.25) is 0 Å². The average molecular weight is 892 g/mol. The third-order valence-corrected chi connectivity index (χ3v) is 13.9. The van der Waals surface area contributed by atoms with Gasteiger partial charge in [-0.1, -0.05) is 200 Å². The Hall–Kier alpha value is -9.45. The summed E-state index contributed by atoms with van der Waals surface area (Å²) in [5.74, 6) is 0.667. The topological polar surface area (TPSA) is 48.5 Å². The van der Waals surface area contributed by atoms with Gasteiger partial charge in [0.15, 0.2) is 5.82 Å². The zero-order valence-electron chi connectivity index (χ0n) is 37.9. The van der Waals surface area contributed by atoms with Gasteiger partial charge in [-0.05, 0) is 54.1 Å². The van der Waals surface area contributed by atoms with Gasteiger partial charge in [0.1, 0.15) is 0 Å². The van der Waals surface area contributed by atoms with Gasteiger partial charge in [-0.15, -0.1) is 0 Å². The number of pyridine rings is 1. The Balaban J connectivity index is 0.938. The van der Waals surface area contributed by atoms with Crippen molar-refractivity contribution < 1.29 is 0 Å². The molecule has 0 spiro atoms. The number of fused-ring (bicyclic) bond motifs is 10. The van der Waals surface area contributed by atoms with Crippen molar-refractivity contribution in [1.29, 1.82) is 0 Å². The number of hydrogen-bond donors (Lipinski definition) is 0. The summed E-state index contributed by atoms with van der Waals surface area (Å²) in [6.45, 7) is 0. The van der Waals surface area contributed by atoms with Crippen molar-refractivity contribution in [1.82, 2.24) is 24.1 Å². The fourth-order valence-corrected chi connectivity index (χ4v) is 10.7. The summed E-state index contributed by atoms with van der Waals surface area (Å²) in [5, 5.41) is 8.30. The van der Waals surface area contributed by atoms with E-state index >= 15 is 0 Å². The Bertz CT molecular complexity index is 4270. The predicted molar refractivity (Wildman–Crippen MR) is 291 cm³/mol. The van der Waals surface area contributed by atoms with Crippen LogP contribution in [-0.4, -0.2) is 24.1 Å². The molecule has 0 saturated carbocycles. The van der Waals surface area contributed by atoms with E-state index in [-0.39, 0.29) is 0 Å². The largest absolute Gasteiger partial charge is 0.309 e. The van der Waals surface area contributed by atoms with E-state index in [0.717, 1.165) is 89.2 Å². The molecule has 5 nitrogen and oxygen atoms in total. The maximum atomic E-state index is 5.61. The molecule has 0 amide bonds. The van der Waals surface area contributed by atoms with Gasteiger partial charge in [0, 0.05) is 76.9 Å². The average Bonchev–Trinajstić information content (AvgIpc) is 3.97. The van der Waals surface area contributed by atoms with Crippen LogP contribution < -0.4 is 0 Å². The van der Waals surface area contributed by atoms with Crippen LogP contribution in [-0.2, 0) is 0 Å². The Labute approximate surface area is 403 Å². The van der Waals surface area contributed by atoms with Crippen LogP contribution in [0.15, 0.2) is 249 Å². The molecule has 4 heterocycles. The molecule has 0 fully saturated rings. The van der Waals surface area contributed by atoms with Gasteiger partial charge in [0.2, 0.25) is 0 Å². The zero-order valence-corrected chi connectivity index (χ0v) is 37.9.